The molecular weight excluding hydrogens is 277 g/mol. The van der Waals surface area contributed by atoms with Crippen molar-refractivity contribution in [3.05, 3.63) is 29.6 Å². The molecule has 0 bridgehead atoms. The monoisotopic (exact) mass is 295 g/mol. The summed E-state index contributed by atoms with van der Waals surface area (Å²) in [4.78, 5) is 13.5. The number of piperidine rings is 1. The van der Waals surface area contributed by atoms with Gasteiger partial charge in [0.1, 0.15) is 5.82 Å². The lowest BCUT2D eigenvalue weighted by Gasteiger charge is -2.38. The van der Waals surface area contributed by atoms with Crippen LogP contribution in [0.2, 0.25) is 0 Å². The standard InChI is InChI=1S/C15H18FNO4/c1-19-14(18)12-3-2-11(10-13(12)16)17-6-4-15(5-7-17)20-8-9-21-15/h2-3,10H,4-9H2,1H3. The normalized spacial score (nSPS) is 20.8. The Bertz CT molecular complexity index is 532. The van der Waals surface area contributed by atoms with Crippen LogP contribution >= 0.6 is 0 Å². The zero-order valence-electron chi connectivity index (χ0n) is 11.9. The largest absolute Gasteiger partial charge is 0.465 e. The molecule has 0 aliphatic carbocycles. The second kappa shape index (κ2) is 5.61. The summed E-state index contributed by atoms with van der Waals surface area (Å²) in [5.41, 5.74) is 0.713. The highest BCUT2D eigenvalue weighted by Gasteiger charge is 2.39. The fraction of sp³-hybridized carbons (Fsp3) is 0.533. The summed E-state index contributed by atoms with van der Waals surface area (Å²) in [6.07, 6.45) is 1.51. The number of hydrogen-bond acceptors (Lipinski definition) is 5. The predicted molar refractivity (Wildman–Crippen MR) is 73.8 cm³/mol. The van der Waals surface area contributed by atoms with E-state index in [2.05, 4.69) is 9.64 Å². The van der Waals surface area contributed by atoms with Gasteiger partial charge < -0.3 is 19.1 Å². The van der Waals surface area contributed by atoms with Gasteiger partial charge in [0, 0.05) is 31.6 Å². The summed E-state index contributed by atoms with van der Waals surface area (Å²) in [6, 6.07) is 4.58. The van der Waals surface area contributed by atoms with Crippen molar-refractivity contribution < 1.29 is 23.4 Å². The minimum absolute atomic E-state index is 0.0443. The molecule has 0 radical (unpaired) electrons. The van der Waals surface area contributed by atoms with Gasteiger partial charge in [-0.05, 0) is 18.2 Å². The third-order valence-corrected chi connectivity index (χ3v) is 4.06. The molecule has 114 valence electrons. The number of rotatable bonds is 2. The molecule has 2 fully saturated rings. The molecule has 0 atom stereocenters. The molecule has 3 rings (SSSR count). The zero-order chi connectivity index (χ0) is 14.9. The number of ether oxygens (including phenoxy) is 3. The molecule has 2 saturated heterocycles. The first-order valence-corrected chi connectivity index (χ1v) is 7.04. The Kier molecular flexibility index (Phi) is 3.82. The van der Waals surface area contributed by atoms with Crippen LogP contribution in [0.5, 0.6) is 0 Å². The average molecular weight is 295 g/mol. The number of halogens is 1. The maximum Gasteiger partial charge on any atom is 0.340 e. The second-order valence-electron chi connectivity index (χ2n) is 5.25. The molecule has 0 N–H and O–H groups in total. The second-order valence-corrected chi connectivity index (χ2v) is 5.25. The van der Waals surface area contributed by atoms with Crippen molar-refractivity contribution in [2.24, 2.45) is 0 Å². The number of carbonyl (C=O) groups excluding carboxylic acids is 1. The van der Waals surface area contributed by atoms with Crippen LogP contribution in [0, 0.1) is 5.82 Å². The summed E-state index contributed by atoms with van der Waals surface area (Å²) in [6.45, 7) is 2.75. The molecule has 0 aromatic heterocycles. The Morgan fingerprint density at radius 3 is 2.52 bits per heavy atom. The first-order chi connectivity index (χ1) is 10.1. The number of carbonyl (C=O) groups is 1. The summed E-state index contributed by atoms with van der Waals surface area (Å²) in [7, 11) is 1.24. The first kappa shape index (κ1) is 14.3. The van der Waals surface area contributed by atoms with Crippen LogP contribution < -0.4 is 4.90 Å². The maximum absolute atomic E-state index is 14.0. The molecule has 2 heterocycles. The molecule has 1 aromatic rings. The van der Waals surface area contributed by atoms with Crippen molar-refractivity contribution in [2.75, 3.05) is 38.3 Å². The highest BCUT2D eigenvalue weighted by Crippen LogP contribution is 2.33. The Hall–Kier alpha value is -1.66. The van der Waals surface area contributed by atoms with Crippen LogP contribution in [-0.2, 0) is 14.2 Å². The van der Waals surface area contributed by atoms with Crippen LogP contribution in [0.4, 0.5) is 10.1 Å². The molecule has 0 saturated carbocycles. The van der Waals surface area contributed by atoms with E-state index >= 15 is 0 Å². The number of benzene rings is 1. The zero-order valence-corrected chi connectivity index (χ0v) is 11.9. The van der Waals surface area contributed by atoms with Gasteiger partial charge in [0.05, 0.1) is 25.9 Å². The Morgan fingerprint density at radius 1 is 1.29 bits per heavy atom. The smallest absolute Gasteiger partial charge is 0.340 e. The van der Waals surface area contributed by atoms with Gasteiger partial charge in [0.2, 0.25) is 0 Å². The van der Waals surface area contributed by atoms with Gasteiger partial charge in [0.25, 0.3) is 0 Å². The molecule has 6 heteroatoms. The SMILES string of the molecule is COC(=O)c1ccc(N2CCC3(CC2)OCCO3)cc1F. The van der Waals surface area contributed by atoms with Gasteiger partial charge in [-0.1, -0.05) is 0 Å². The lowest BCUT2D eigenvalue weighted by Crippen LogP contribution is -2.45. The molecular formula is C15H18FNO4. The highest BCUT2D eigenvalue weighted by atomic mass is 19.1. The lowest BCUT2D eigenvalue weighted by molar-refractivity contribution is -0.169. The molecule has 5 nitrogen and oxygen atoms in total. The third-order valence-electron chi connectivity index (χ3n) is 4.06. The molecule has 21 heavy (non-hydrogen) atoms. The van der Waals surface area contributed by atoms with Gasteiger partial charge in [-0.2, -0.15) is 0 Å². The van der Waals surface area contributed by atoms with E-state index in [-0.39, 0.29) is 5.56 Å². The summed E-state index contributed by atoms with van der Waals surface area (Å²) < 4.78 is 29.8. The van der Waals surface area contributed by atoms with Crippen LogP contribution in [0.15, 0.2) is 18.2 Å². The Balaban J connectivity index is 1.71. The van der Waals surface area contributed by atoms with Gasteiger partial charge in [-0.15, -0.1) is 0 Å². The summed E-state index contributed by atoms with van der Waals surface area (Å²) in [5, 5.41) is 0. The quantitative estimate of drug-likeness (QED) is 0.781. The topological polar surface area (TPSA) is 48.0 Å². The fourth-order valence-corrected chi connectivity index (χ4v) is 2.87. The van der Waals surface area contributed by atoms with E-state index in [0.29, 0.717) is 13.2 Å². The van der Waals surface area contributed by atoms with E-state index in [4.69, 9.17) is 9.47 Å². The van der Waals surface area contributed by atoms with Gasteiger partial charge in [-0.25, -0.2) is 9.18 Å². The minimum Gasteiger partial charge on any atom is -0.465 e. The molecule has 1 aromatic carbocycles. The van der Waals surface area contributed by atoms with Crippen molar-refractivity contribution in [3.8, 4) is 0 Å². The van der Waals surface area contributed by atoms with Crippen molar-refractivity contribution in [1.29, 1.82) is 0 Å². The molecule has 2 aliphatic rings. The Morgan fingerprint density at radius 2 is 1.95 bits per heavy atom. The number of methoxy groups -OCH3 is 1. The van der Waals surface area contributed by atoms with Crippen LogP contribution in [0.1, 0.15) is 23.2 Å². The molecule has 1 spiro atoms. The van der Waals surface area contributed by atoms with E-state index in [1.807, 2.05) is 0 Å². The Labute approximate surface area is 122 Å². The van der Waals surface area contributed by atoms with Crippen molar-refractivity contribution in [2.45, 2.75) is 18.6 Å². The minimum atomic E-state index is -0.663. The maximum atomic E-state index is 14.0. The van der Waals surface area contributed by atoms with E-state index < -0.39 is 17.6 Å². The molecule has 0 unspecified atom stereocenters. The van der Waals surface area contributed by atoms with Gasteiger partial charge >= 0.3 is 5.97 Å². The third kappa shape index (κ3) is 2.73. The van der Waals surface area contributed by atoms with Crippen molar-refractivity contribution >= 4 is 11.7 Å². The summed E-state index contributed by atoms with van der Waals surface area (Å²) >= 11 is 0. The number of hydrogen-bond donors (Lipinski definition) is 0. The summed E-state index contributed by atoms with van der Waals surface area (Å²) in [5.74, 6) is -1.67. The van der Waals surface area contributed by atoms with E-state index in [9.17, 15) is 9.18 Å². The first-order valence-electron chi connectivity index (χ1n) is 7.04. The van der Waals surface area contributed by atoms with Crippen LogP contribution in [0.3, 0.4) is 0 Å². The van der Waals surface area contributed by atoms with Crippen LogP contribution in [0.25, 0.3) is 0 Å². The fourth-order valence-electron chi connectivity index (χ4n) is 2.87. The molecule has 2 aliphatic heterocycles. The van der Waals surface area contributed by atoms with E-state index in [1.165, 1.54) is 19.2 Å². The molecule has 0 amide bonds. The average Bonchev–Trinajstić information content (AvgIpc) is 2.95. The van der Waals surface area contributed by atoms with Crippen molar-refractivity contribution in [1.82, 2.24) is 0 Å². The lowest BCUT2D eigenvalue weighted by atomic mass is 10.0. The number of anilines is 1. The van der Waals surface area contributed by atoms with E-state index in [0.717, 1.165) is 31.6 Å². The van der Waals surface area contributed by atoms with Gasteiger partial charge in [0.15, 0.2) is 5.79 Å². The van der Waals surface area contributed by atoms with Crippen LogP contribution in [-0.4, -0.2) is 45.2 Å². The van der Waals surface area contributed by atoms with Crippen molar-refractivity contribution in [3.63, 3.8) is 0 Å². The highest BCUT2D eigenvalue weighted by molar-refractivity contribution is 5.90. The predicted octanol–water partition coefficient (Wildman–Crippen LogP) is 1.96. The number of nitrogens with zero attached hydrogens (tertiary/aromatic N) is 1. The van der Waals surface area contributed by atoms with Gasteiger partial charge in [-0.3, -0.25) is 0 Å². The number of esters is 1. The van der Waals surface area contributed by atoms with E-state index in [1.54, 1.807) is 6.07 Å².